The molecule has 0 aliphatic heterocycles. The molecule has 2 aromatic carbocycles. The molecule has 0 atom stereocenters. The van der Waals surface area contributed by atoms with Gasteiger partial charge in [0.1, 0.15) is 23.9 Å². The van der Waals surface area contributed by atoms with E-state index in [-0.39, 0.29) is 17.4 Å². The summed E-state index contributed by atoms with van der Waals surface area (Å²) in [6, 6.07) is 12.3. The molecule has 0 radical (unpaired) electrons. The fraction of sp³-hybridized carbons (Fsp3) is 0.143. The predicted octanol–water partition coefficient (Wildman–Crippen LogP) is 3.42. The average molecular weight is 265 g/mol. The zero-order valence-corrected chi connectivity index (χ0v) is 10.4. The van der Waals surface area contributed by atoms with Crippen LogP contribution in [0.5, 0.6) is 17.2 Å². The highest BCUT2D eigenvalue weighted by atomic mass is 35.5. The lowest BCUT2D eigenvalue weighted by Crippen LogP contribution is -1.98. The molecule has 0 fully saturated rings. The molecule has 0 saturated carbocycles. The van der Waals surface area contributed by atoms with Gasteiger partial charge in [0, 0.05) is 12.1 Å². The highest BCUT2D eigenvalue weighted by Crippen LogP contribution is 2.34. The molecule has 94 valence electrons. The molecule has 0 amide bonds. The third-order valence-electron chi connectivity index (χ3n) is 2.54. The van der Waals surface area contributed by atoms with E-state index in [0.717, 1.165) is 5.56 Å². The fourth-order valence-electron chi connectivity index (χ4n) is 1.61. The van der Waals surface area contributed by atoms with Gasteiger partial charge in [-0.3, -0.25) is 0 Å². The van der Waals surface area contributed by atoms with Crippen LogP contribution in [0.2, 0.25) is 0 Å². The maximum atomic E-state index is 9.64. The highest BCUT2D eigenvalue weighted by Gasteiger charge is 2.10. The number of hydrogen-bond donors (Lipinski definition) is 2. The Hall–Kier alpha value is -1.87. The molecular formula is C14H13ClO3. The van der Waals surface area contributed by atoms with E-state index in [4.69, 9.17) is 16.3 Å². The molecule has 2 N–H and O–H groups in total. The van der Waals surface area contributed by atoms with Crippen LogP contribution in [0.25, 0.3) is 0 Å². The highest BCUT2D eigenvalue weighted by molar-refractivity contribution is 6.17. The molecule has 18 heavy (non-hydrogen) atoms. The van der Waals surface area contributed by atoms with E-state index < -0.39 is 0 Å². The summed E-state index contributed by atoms with van der Waals surface area (Å²) >= 11 is 5.75. The molecule has 3 nitrogen and oxygen atoms in total. The number of phenols is 2. The van der Waals surface area contributed by atoms with E-state index in [1.54, 1.807) is 0 Å². The van der Waals surface area contributed by atoms with Crippen molar-refractivity contribution in [3.05, 3.63) is 53.6 Å². The Kier molecular flexibility index (Phi) is 3.95. The quantitative estimate of drug-likeness (QED) is 0.832. The Morgan fingerprint density at radius 3 is 2.44 bits per heavy atom. The largest absolute Gasteiger partial charge is 0.508 e. The number of hydrogen-bond acceptors (Lipinski definition) is 3. The second kappa shape index (κ2) is 5.65. The van der Waals surface area contributed by atoms with Crippen molar-refractivity contribution >= 4 is 11.6 Å². The van der Waals surface area contributed by atoms with Gasteiger partial charge in [0.05, 0.1) is 11.4 Å². The van der Waals surface area contributed by atoms with Crippen LogP contribution in [0.15, 0.2) is 42.5 Å². The van der Waals surface area contributed by atoms with Crippen LogP contribution < -0.4 is 4.74 Å². The zero-order valence-electron chi connectivity index (χ0n) is 9.64. The summed E-state index contributed by atoms with van der Waals surface area (Å²) in [7, 11) is 0. The molecule has 2 rings (SSSR count). The van der Waals surface area contributed by atoms with Gasteiger partial charge < -0.3 is 14.9 Å². The summed E-state index contributed by atoms with van der Waals surface area (Å²) < 4.78 is 5.57. The van der Waals surface area contributed by atoms with Crippen LogP contribution in [0.1, 0.15) is 11.1 Å². The monoisotopic (exact) mass is 264 g/mol. The first-order chi connectivity index (χ1) is 8.70. The number of aromatic hydroxyl groups is 2. The first-order valence-corrected chi connectivity index (χ1v) is 6.01. The SMILES string of the molecule is Oc1cc(O)c(CCl)c(OCc2ccccc2)c1. The van der Waals surface area contributed by atoms with Crippen molar-refractivity contribution in [3.63, 3.8) is 0 Å². The summed E-state index contributed by atoms with van der Waals surface area (Å²) in [5, 5.41) is 19.1. The van der Waals surface area contributed by atoms with E-state index in [1.165, 1.54) is 12.1 Å². The van der Waals surface area contributed by atoms with Gasteiger partial charge in [-0.1, -0.05) is 30.3 Å². The average Bonchev–Trinajstić information content (AvgIpc) is 2.37. The Morgan fingerprint density at radius 1 is 1.06 bits per heavy atom. The summed E-state index contributed by atoms with van der Waals surface area (Å²) in [4.78, 5) is 0. The van der Waals surface area contributed by atoms with Crippen LogP contribution >= 0.6 is 11.6 Å². The van der Waals surface area contributed by atoms with Gasteiger partial charge in [0.25, 0.3) is 0 Å². The number of halogens is 1. The van der Waals surface area contributed by atoms with Gasteiger partial charge in [0.15, 0.2) is 0 Å². The fourth-order valence-corrected chi connectivity index (χ4v) is 1.88. The lowest BCUT2D eigenvalue weighted by Gasteiger charge is -2.12. The molecule has 0 unspecified atom stereocenters. The maximum absolute atomic E-state index is 9.64. The number of benzene rings is 2. The molecular weight excluding hydrogens is 252 g/mol. The Bertz CT molecular complexity index is 526. The number of ether oxygens (including phenoxy) is 1. The lowest BCUT2D eigenvalue weighted by atomic mass is 10.2. The Balaban J connectivity index is 2.18. The van der Waals surface area contributed by atoms with Crippen LogP contribution in [0, 0.1) is 0 Å². The van der Waals surface area contributed by atoms with Gasteiger partial charge >= 0.3 is 0 Å². The maximum Gasteiger partial charge on any atom is 0.131 e. The zero-order chi connectivity index (χ0) is 13.0. The van der Waals surface area contributed by atoms with Gasteiger partial charge in [-0.25, -0.2) is 0 Å². The second-order valence-corrected chi connectivity index (χ2v) is 4.12. The van der Waals surface area contributed by atoms with Crippen LogP contribution in [-0.2, 0) is 12.5 Å². The molecule has 0 aliphatic carbocycles. The van der Waals surface area contributed by atoms with E-state index in [1.807, 2.05) is 30.3 Å². The summed E-state index contributed by atoms with van der Waals surface area (Å²) in [6.07, 6.45) is 0. The van der Waals surface area contributed by atoms with Crippen LogP contribution in [0.3, 0.4) is 0 Å². The number of alkyl halides is 1. The molecule has 0 aliphatic rings. The van der Waals surface area contributed by atoms with E-state index >= 15 is 0 Å². The van der Waals surface area contributed by atoms with Gasteiger partial charge in [-0.15, -0.1) is 11.6 Å². The van der Waals surface area contributed by atoms with Gasteiger partial charge in [0.2, 0.25) is 0 Å². The van der Waals surface area contributed by atoms with Crippen molar-refractivity contribution < 1.29 is 14.9 Å². The van der Waals surface area contributed by atoms with Crippen molar-refractivity contribution in [2.45, 2.75) is 12.5 Å². The van der Waals surface area contributed by atoms with Crippen molar-refractivity contribution in [2.75, 3.05) is 0 Å². The smallest absolute Gasteiger partial charge is 0.131 e. The molecule has 0 saturated heterocycles. The summed E-state index contributed by atoms with van der Waals surface area (Å²) in [5.41, 5.74) is 1.48. The van der Waals surface area contributed by atoms with Gasteiger partial charge in [-0.05, 0) is 5.56 Å². The van der Waals surface area contributed by atoms with Crippen molar-refractivity contribution in [2.24, 2.45) is 0 Å². The molecule has 0 spiro atoms. The van der Waals surface area contributed by atoms with Crippen molar-refractivity contribution in [1.29, 1.82) is 0 Å². The Morgan fingerprint density at radius 2 is 1.78 bits per heavy atom. The molecule has 4 heteroatoms. The standard InChI is InChI=1S/C14H13ClO3/c15-8-12-13(17)6-11(16)7-14(12)18-9-10-4-2-1-3-5-10/h1-7,16-17H,8-9H2. The molecule has 0 bridgehead atoms. The Labute approximate surface area is 110 Å². The van der Waals surface area contributed by atoms with Gasteiger partial charge in [-0.2, -0.15) is 0 Å². The molecule has 0 aromatic heterocycles. The topological polar surface area (TPSA) is 49.7 Å². The predicted molar refractivity (Wildman–Crippen MR) is 70.1 cm³/mol. The molecule has 2 aromatic rings. The molecule has 0 heterocycles. The number of rotatable bonds is 4. The minimum absolute atomic E-state index is 0.0515. The van der Waals surface area contributed by atoms with Crippen molar-refractivity contribution in [1.82, 2.24) is 0 Å². The lowest BCUT2D eigenvalue weighted by molar-refractivity contribution is 0.299. The summed E-state index contributed by atoms with van der Waals surface area (Å²) in [5.74, 6) is 0.403. The first kappa shape index (κ1) is 12.6. The second-order valence-electron chi connectivity index (χ2n) is 3.85. The first-order valence-electron chi connectivity index (χ1n) is 5.48. The normalized spacial score (nSPS) is 10.3. The van der Waals surface area contributed by atoms with Crippen molar-refractivity contribution in [3.8, 4) is 17.2 Å². The third kappa shape index (κ3) is 2.87. The third-order valence-corrected chi connectivity index (χ3v) is 2.81. The minimum atomic E-state index is -0.0620. The van der Waals surface area contributed by atoms with Crippen LogP contribution in [-0.4, -0.2) is 10.2 Å². The van der Waals surface area contributed by atoms with E-state index in [2.05, 4.69) is 0 Å². The van der Waals surface area contributed by atoms with E-state index in [9.17, 15) is 10.2 Å². The van der Waals surface area contributed by atoms with Crippen LogP contribution in [0.4, 0.5) is 0 Å². The minimum Gasteiger partial charge on any atom is -0.508 e. The van der Waals surface area contributed by atoms with E-state index in [0.29, 0.717) is 17.9 Å². The number of phenolic OH excluding ortho intramolecular Hbond substituents is 2. The summed E-state index contributed by atoms with van der Waals surface area (Å²) in [6.45, 7) is 0.355.